The van der Waals surface area contributed by atoms with Crippen molar-refractivity contribution in [1.82, 2.24) is 4.90 Å². The van der Waals surface area contributed by atoms with Crippen molar-refractivity contribution in [1.29, 1.82) is 0 Å². The van der Waals surface area contributed by atoms with Gasteiger partial charge < -0.3 is 4.90 Å². The van der Waals surface area contributed by atoms with Gasteiger partial charge in [0.05, 0.1) is 0 Å². The first-order valence-corrected chi connectivity index (χ1v) is 5.98. The van der Waals surface area contributed by atoms with Crippen molar-refractivity contribution in [2.75, 3.05) is 7.05 Å². The zero-order valence-electron chi connectivity index (χ0n) is 9.87. The van der Waals surface area contributed by atoms with Crippen molar-refractivity contribution in [3.8, 4) is 0 Å². The van der Waals surface area contributed by atoms with Gasteiger partial charge in [0.25, 0.3) is 0 Å². The average molecular weight is 203 g/mol. The zero-order valence-corrected chi connectivity index (χ0v) is 9.87. The number of hydrogen-bond donors (Lipinski definition) is 0. The molecule has 15 heavy (non-hydrogen) atoms. The van der Waals surface area contributed by atoms with Crippen LogP contribution >= 0.6 is 0 Å². The quantitative estimate of drug-likeness (QED) is 0.621. The molecule has 2 atom stereocenters. The van der Waals surface area contributed by atoms with Crippen LogP contribution in [0.5, 0.6) is 0 Å². The third-order valence-electron chi connectivity index (χ3n) is 3.99. The van der Waals surface area contributed by atoms with Crippen molar-refractivity contribution in [2.45, 2.75) is 38.6 Å². The van der Waals surface area contributed by atoms with Crippen LogP contribution in [-0.2, 0) is 0 Å². The highest BCUT2D eigenvalue weighted by Crippen LogP contribution is 2.41. The second kappa shape index (κ2) is 4.26. The van der Waals surface area contributed by atoms with Crippen molar-refractivity contribution >= 4 is 0 Å². The van der Waals surface area contributed by atoms with Crippen LogP contribution in [0.3, 0.4) is 0 Å². The van der Waals surface area contributed by atoms with Crippen molar-refractivity contribution in [2.24, 2.45) is 5.92 Å². The Morgan fingerprint density at radius 3 is 2.80 bits per heavy atom. The summed E-state index contributed by atoms with van der Waals surface area (Å²) in [7, 11) is 2.24. The summed E-state index contributed by atoms with van der Waals surface area (Å²) in [5.41, 5.74) is 3.01. The number of nitrogens with zero attached hydrogens (tertiary/aromatic N) is 1. The Morgan fingerprint density at radius 2 is 2.07 bits per heavy atom. The fourth-order valence-electron chi connectivity index (χ4n) is 3.07. The van der Waals surface area contributed by atoms with Gasteiger partial charge in [-0.25, -0.2) is 0 Å². The normalized spacial score (nSPS) is 31.2. The molecule has 1 heteroatoms. The molecule has 0 saturated heterocycles. The summed E-state index contributed by atoms with van der Waals surface area (Å²) in [5, 5.41) is 0. The standard InChI is InChI=1S/C14H21N/c1-4-5-8-12-11(2)15(3)14-10-7-6-9-13(12)14/h4-5,8,13-14H,1,6-7,9-10H2,2-3H3/b8-5-/t13-,14?/m0/s1. The van der Waals surface area contributed by atoms with E-state index in [0.29, 0.717) is 0 Å². The minimum absolute atomic E-state index is 0.767. The molecule has 1 nitrogen and oxygen atoms in total. The van der Waals surface area contributed by atoms with Crippen molar-refractivity contribution in [3.63, 3.8) is 0 Å². The van der Waals surface area contributed by atoms with Gasteiger partial charge in [-0.3, -0.25) is 0 Å². The molecule has 2 rings (SSSR count). The van der Waals surface area contributed by atoms with Gasteiger partial charge in [0.2, 0.25) is 0 Å². The number of hydrogen-bond acceptors (Lipinski definition) is 1. The van der Waals surface area contributed by atoms with Crippen molar-refractivity contribution in [3.05, 3.63) is 36.1 Å². The molecule has 1 aliphatic heterocycles. The molecule has 0 radical (unpaired) electrons. The topological polar surface area (TPSA) is 3.24 Å². The number of allylic oxidation sites excluding steroid dienone is 4. The first-order valence-electron chi connectivity index (χ1n) is 5.98. The van der Waals surface area contributed by atoms with Gasteiger partial charge in [0, 0.05) is 24.7 Å². The Labute approximate surface area is 93.2 Å². The summed E-state index contributed by atoms with van der Waals surface area (Å²) >= 11 is 0. The largest absolute Gasteiger partial charge is 0.374 e. The summed E-state index contributed by atoms with van der Waals surface area (Å²) in [4.78, 5) is 2.48. The predicted octanol–water partition coefficient (Wildman–Crippen LogP) is 3.51. The fourth-order valence-corrected chi connectivity index (χ4v) is 3.07. The minimum atomic E-state index is 0.767. The maximum absolute atomic E-state index is 3.75. The molecule has 0 amide bonds. The molecule has 1 aliphatic carbocycles. The smallest absolute Gasteiger partial charge is 0.0352 e. The van der Waals surface area contributed by atoms with E-state index in [1.54, 1.807) is 5.57 Å². The lowest BCUT2D eigenvalue weighted by atomic mass is 9.81. The van der Waals surface area contributed by atoms with E-state index in [2.05, 4.69) is 37.6 Å². The van der Waals surface area contributed by atoms with Crippen LogP contribution in [-0.4, -0.2) is 18.0 Å². The van der Waals surface area contributed by atoms with E-state index in [0.717, 1.165) is 12.0 Å². The monoisotopic (exact) mass is 203 g/mol. The van der Waals surface area contributed by atoms with E-state index in [-0.39, 0.29) is 0 Å². The molecule has 0 spiro atoms. The molecule has 1 saturated carbocycles. The summed E-state index contributed by atoms with van der Waals surface area (Å²) in [5.74, 6) is 0.778. The molecule has 2 aliphatic rings. The lowest BCUT2D eigenvalue weighted by Crippen LogP contribution is -2.32. The Bertz CT molecular complexity index is 311. The van der Waals surface area contributed by atoms with Crippen molar-refractivity contribution < 1.29 is 0 Å². The lowest BCUT2D eigenvalue weighted by molar-refractivity contribution is 0.220. The molecule has 82 valence electrons. The van der Waals surface area contributed by atoms with Crippen LogP contribution in [0.2, 0.25) is 0 Å². The van der Waals surface area contributed by atoms with Crippen LogP contribution in [0.25, 0.3) is 0 Å². The highest BCUT2D eigenvalue weighted by molar-refractivity contribution is 5.34. The van der Waals surface area contributed by atoms with Gasteiger partial charge in [-0.1, -0.05) is 37.6 Å². The molecular weight excluding hydrogens is 182 g/mol. The van der Waals surface area contributed by atoms with E-state index in [1.807, 2.05) is 6.08 Å². The minimum Gasteiger partial charge on any atom is -0.374 e. The number of rotatable bonds is 2. The Kier molecular flexibility index (Phi) is 2.99. The van der Waals surface area contributed by atoms with E-state index < -0.39 is 0 Å². The zero-order chi connectivity index (χ0) is 10.8. The van der Waals surface area contributed by atoms with Crippen LogP contribution in [0.15, 0.2) is 36.1 Å². The molecule has 0 aromatic rings. The van der Waals surface area contributed by atoms with Crippen LogP contribution in [0, 0.1) is 5.92 Å². The third-order valence-corrected chi connectivity index (χ3v) is 3.99. The maximum Gasteiger partial charge on any atom is 0.0352 e. The molecular formula is C14H21N. The average Bonchev–Trinajstić information content (AvgIpc) is 2.51. The summed E-state index contributed by atoms with van der Waals surface area (Å²) in [6.07, 6.45) is 11.7. The molecule has 1 fully saturated rings. The maximum atomic E-state index is 3.75. The lowest BCUT2D eigenvalue weighted by Gasteiger charge is -2.32. The first-order chi connectivity index (χ1) is 7.25. The van der Waals surface area contributed by atoms with E-state index in [9.17, 15) is 0 Å². The SMILES string of the molecule is C=C/C=C\C1=C(C)N(C)C2CCCC[C@@H]12. The Hall–Kier alpha value is -0.980. The van der Waals surface area contributed by atoms with Gasteiger partial charge in [-0.15, -0.1) is 0 Å². The second-order valence-corrected chi connectivity index (χ2v) is 4.70. The number of fused-ring (bicyclic) bond motifs is 1. The van der Waals surface area contributed by atoms with Gasteiger partial charge in [-0.05, 0) is 25.3 Å². The highest BCUT2D eigenvalue weighted by atomic mass is 15.2. The van der Waals surface area contributed by atoms with Gasteiger partial charge in [-0.2, -0.15) is 0 Å². The first kappa shape index (κ1) is 10.5. The third kappa shape index (κ3) is 1.75. The molecule has 0 N–H and O–H groups in total. The summed E-state index contributed by atoms with van der Waals surface area (Å²) < 4.78 is 0. The van der Waals surface area contributed by atoms with E-state index >= 15 is 0 Å². The van der Waals surface area contributed by atoms with Crippen LogP contribution < -0.4 is 0 Å². The fraction of sp³-hybridized carbons (Fsp3) is 0.571. The second-order valence-electron chi connectivity index (χ2n) is 4.70. The highest BCUT2D eigenvalue weighted by Gasteiger charge is 2.36. The molecule has 0 aromatic carbocycles. The predicted molar refractivity (Wildman–Crippen MR) is 65.5 cm³/mol. The van der Waals surface area contributed by atoms with E-state index in [4.69, 9.17) is 0 Å². The molecule has 0 bridgehead atoms. The molecule has 1 unspecified atom stereocenters. The van der Waals surface area contributed by atoms with Crippen LogP contribution in [0.1, 0.15) is 32.6 Å². The Morgan fingerprint density at radius 1 is 1.33 bits per heavy atom. The summed E-state index contributed by atoms with van der Waals surface area (Å²) in [6.45, 7) is 6.00. The molecule has 1 heterocycles. The van der Waals surface area contributed by atoms with E-state index in [1.165, 1.54) is 31.4 Å². The Balaban J connectivity index is 2.25. The van der Waals surface area contributed by atoms with Gasteiger partial charge in [0.15, 0.2) is 0 Å². The van der Waals surface area contributed by atoms with Gasteiger partial charge >= 0.3 is 0 Å². The van der Waals surface area contributed by atoms with Gasteiger partial charge in [0.1, 0.15) is 0 Å². The summed E-state index contributed by atoms with van der Waals surface area (Å²) in [6, 6.07) is 0.767. The van der Waals surface area contributed by atoms with Crippen LogP contribution in [0.4, 0.5) is 0 Å². The molecule has 0 aromatic heterocycles.